The lowest BCUT2D eigenvalue weighted by atomic mass is 9.83. The van der Waals surface area contributed by atoms with Crippen LogP contribution < -0.4 is 15.5 Å². The van der Waals surface area contributed by atoms with Crippen molar-refractivity contribution in [2.24, 2.45) is 11.0 Å². The van der Waals surface area contributed by atoms with Crippen LogP contribution in [0.1, 0.15) is 37.7 Å². The van der Waals surface area contributed by atoms with Crippen molar-refractivity contribution in [1.82, 2.24) is 14.8 Å². The van der Waals surface area contributed by atoms with Crippen LogP contribution in [0, 0.1) is 5.92 Å². The lowest BCUT2D eigenvalue weighted by molar-refractivity contribution is -0.131. The van der Waals surface area contributed by atoms with Gasteiger partial charge in [0.15, 0.2) is 0 Å². The van der Waals surface area contributed by atoms with Gasteiger partial charge in [-0.15, -0.1) is 0 Å². The number of carbonyl (C=O) groups excluding carboxylic acids is 3. The Kier molecular flexibility index (Phi) is 8.64. The molecule has 5 rings (SSSR count). The largest absolute Gasteiger partial charge is 0.388 e. The molecule has 0 atom stereocenters. The summed E-state index contributed by atoms with van der Waals surface area (Å²) in [6.45, 7) is 2.49. The fourth-order valence-electron chi connectivity index (χ4n) is 5.71. The van der Waals surface area contributed by atoms with Gasteiger partial charge in [0.2, 0.25) is 11.8 Å². The molecule has 2 aromatic carbocycles. The summed E-state index contributed by atoms with van der Waals surface area (Å²) in [5.41, 5.74) is 3.84. The van der Waals surface area contributed by atoms with E-state index in [1.54, 1.807) is 6.07 Å². The number of nitrogens with zero attached hydrogens (tertiary/aromatic N) is 5. The van der Waals surface area contributed by atoms with Crippen LogP contribution in [0.4, 0.5) is 21.9 Å². The minimum absolute atomic E-state index is 0.102. The average Bonchev–Trinajstić information content (AvgIpc) is 3.08. The summed E-state index contributed by atoms with van der Waals surface area (Å²) in [6, 6.07) is 14.6. The van der Waals surface area contributed by atoms with E-state index in [4.69, 9.17) is 5.10 Å². The van der Waals surface area contributed by atoms with Crippen LogP contribution in [-0.2, 0) is 9.59 Å². The molecule has 1 saturated carbocycles. The average molecular weight is 546 g/mol. The monoisotopic (exact) mass is 545 g/mol. The van der Waals surface area contributed by atoms with Crippen molar-refractivity contribution < 1.29 is 14.4 Å². The molecule has 40 heavy (non-hydrogen) atoms. The fourth-order valence-corrected chi connectivity index (χ4v) is 5.71. The van der Waals surface area contributed by atoms with E-state index in [1.165, 1.54) is 16.3 Å². The van der Waals surface area contributed by atoms with Crippen molar-refractivity contribution in [1.29, 1.82) is 0 Å². The number of amides is 4. The normalized spacial score (nSPS) is 18.6. The van der Waals surface area contributed by atoms with Gasteiger partial charge in [0.25, 0.3) is 0 Å². The molecule has 1 aliphatic carbocycles. The number of fused-ring (bicyclic) bond motifs is 1. The number of likely N-dealkylation sites (N-methyl/N-ethyl adjacent to an activating group) is 1. The number of benzene rings is 2. The molecule has 2 N–H and O–H groups in total. The SMILES string of the molecule is CNc1cccc(NC(=O)CN2N=C(C3CCCCC3)c3ccccc3N(CC(=O)N3CCN(C)CC3)C2=O)c1. The lowest BCUT2D eigenvalue weighted by Gasteiger charge is -2.34. The highest BCUT2D eigenvalue weighted by Gasteiger charge is 2.35. The highest BCUT2D eigenvalue weighted by Crippen LogP contribution is 2.34. The molecular weight excluding hydrogens is 506 g/mol. The molecule has 0 radical (unpaired) electrons. The molecule has 10 heteroatoms. The van der Waals surface area contributed by atoms with E-state index in [-0.39, 0.29) is 30.8 Å². The molecule has 4 amide bonds. The fraction of sp³-hybridized carbons (Fsp3) is 0.467. The number of nitrogens with one attached hydrogen (secondary N) is 2. The molecule has 2 aromatic rings. The first-order valence-corrected chi connectivity index (χ1v) is 14.2. The van der Waals surface area contributed by atoms with Gasteiger partial charge in [0.1, 0.15) is 13.1 Å². The molecule has 2 aliphatic heterocycles. The van der Waals surface area contributed by atoms with Crippen molar-refractivity contribution in [3.63, 3.8) is 0 Å². The van der Waals surface area contributed by atoms with Gasteiger partial charge < -0.3 is 20.4 Å². The highest BCUT2D eigenvalue weighted by atomic mass is 16.2. The van der Waals surface area contributed by atoms with Gasteiger partial charge in [0.05, 0.1) is 11.4 Å². The minimum Gasteiger partial charge on any atom is -0.388 e. The second-order valence-corrected chi connectivity index (χ2v) is 10.8. The van der Waals surface area contributed by atoms with Gasteiger partial charge >= 0.3 is 6.03 Å². The van der Waals surface area contributed by atoms with Crippen molar-refractivity contribution in [2.45, 2.75) is 32.1 Å². The summed E-state index contributed by atoms with van der Waals surface area (Å²) >= 11 is 0. The van der Waals surface area contributed by atoms with E-state index in [2.05, 4.69) is 15.5 Å². The van der Waals surface area contributed by atoms with Crippen LogP contribution in [0.15, 0.2) is 53.6 Å². The molecule has 0 aromatic heterocycles. The number of piperazine rings is 1. The maximum Gasteiger partial charge on any atom is 0.345 e. The summed E-state index contributed by atoms with van der Waals surface area (Å²) in [7, 11) is 3.85. The van der Waals surface area contributed by atoms with E-state index in [1.807, 2.05) is 61.5 Å². The van der Waals surface area contributed by atoms with E-state index in [0.717, 1.165) is 55.7 Å². The third-order valence-corrected chi connectivity index (χ3v) is 8.02. The Morgan fingerprint density at radius 3 is 2.40 bits per heavy atom. The highest BCUT2D eigenvalue weighted by molar-refractivity contribution is 6.13. The Bertz CT molecular complexity index is 1270. The van der Waals surface area contributed by atoms with Crippen LogP contribution in [-0.4, -0.2) is 91.7 Å². The van der Waals surface area contributed by atoms with Gasteiger partial charge in [-0.1, -0.05) is 43.5 Å². The number of urea groups is 1. The molecule has 1 saturated heterocycles. The first kappa shape index (κ1) is 27.6. The molecule has 212 valence electrons. The molecule has 2 fully saturated rings. The third kappa shape index (κ3) is 6.28. The van der Waals surface area contributed by atoms with E-state index in [9.17, 15) is 14.4 Å². The topological polar surface area (TPSA) is 101 Å². The number of carbonyl (C=O) groups is 3. The summed E-state index contributed by atoms with van der Waals surface area (Å²) < 4.78 is 0. The van der Waals surface area contributed by atoms with E-state index in [0.29, 0.717) is 24.5 Å². The zero-order valence-corrected chi connectivity index (χ0v) is 23.4. The van der Waals surface area contributed by atoms with Crippen molar-refractivity contribution in [3.8, 4) is 0 Å². The van der Waals surface area contributed by atoms with Crippen LogP contribution in [0.5, 0.6) is 0 Å². The molecule has 10 nitrogen and oxygen atoms in total. The number of hydrogen-bond donors (Lipinski definition) is 2. The second kappa shape index (κ2) is 12.5. The van der Waals surface area contributed by atoms with Crippen molar-refractivity contribution >= 4 is 40.6 Å². The van der Waals surface area contributed by atoms with Crippen molar-refractivity contribution in [3.05, 3.63) is 54.1 Å². The Hall–Kier alpha value is -3.92. The Morgan fingerprint density at radius 1 is 0.925 bits per heavy atom. The summed E-state index contributed by atoms with van der Waals surface area (Å²) in [6.07, 6.45) is 5.37. The van der Waals surface area contributed by atoms with Crippen LogP contribution in [0.3, 0.4) is 0 Å². The van der Waals surface area contributed by atoms with Crippen LogP contribution >= 0.6 is 0 Å². The standard InChI is InChI=1S/C30H39N7O3/c1-31-23-11-8-12-24(19-23)32-27(38)20-37-30(40)36(21-28(39)35-17-15-34(2)16-18-35)26-14-7-6-13-25(26)29(33-37)22-9-4-3-5-10-22/h6-8,11-14,19,22,31H,3-5,9-10,15-18,20-21H2,1-2H3,(H,32,38). The van der Waals surface area contributed by atoms with E-state index >= 15 is 0 Å². The number of para-hydroxylation sites is 1. The Labute approximate surface area is 236 Å². The lowest BCUT2D eigenvalue weighted by Crippen LogP contribution is -2.52. The number of hydrazone groups is 1. The smallest absolute Gasteiger partial charge is 0.345 e. The van der Waals surface area contributed by atoms with Gasteiger partial charge in [-0.05, 0) is 44.2 Å². The molecule has 2 heterocycles. The minimum atomic E-state index is -0.472. The van der Waals surface area contributed by atoms with Gasteiger partial charge in [-0.25, -0.2) is 9.80 Å². The van der Waals surface area contributed by atoms with Gasteiger partial charge in [0, 0.05) is 56.1 Å². The Balaban J connectivity index is 1.45. The predicted molar refractivity (Wildman–Crippen MR) is 158 cm³/mol. The quantitative estimate of drug-likeness (QED) is 0.553. The predicted octanol–water partition coefficient (Wildman–Crippen LogP) is 3.67. The second-order valence-electron chi connectivity index (χ2n) is 10.8. The summed E-state index contributed by atoms with van der Waals surface area (Å²) in [4.78, 5) is 46.2. The number of rotatable bonds is 7. The molecule has 0 unspecified atom stereocenters. The maximum absolute atomic E-state index is 14.1. The van der Waals surface area contributed by atoms with Crippen LogP contribution in [0.2, 0.25) is 0 Å². The van der Waals surface area contributed by atoms with E-state index < -0.39 is 6.03 Å². The Morgan fingerprint density at radius 2 is 1.65 bits per heavy atom. The van der Waals surface area contributed by atoms with Crippen LogP contribution in [0.25, 0.3) is 0 Å². The molecular formula is C30H39N7O3. The molecule has 3 aliphatic rings. The zero-order chi connectivity index (χ0) is 28.1. The first-order chi connectivity index (χ1) is 19.4. The summed E-state index contributed by atoms with van der Waals surface area (Å²) in [5.74, 6) is -0.274. The molecule has 0 spiro atoms. The number of anilines is 3. The summed E-state index contributed by atoms with van der Waals surface area (Å²) in [5, 5.41) is 12.1. The third-order valence-electron chi connectivity index (χ3n) is 8.02. The van der Waals surface area contributed by atoms with Gasteiger partial charge in [-0.3, -0.25) is 14.5 Å². The number of hydrogen-bond acceptors (Lipinski definition) is 6. The molecule has 0 bridgehead atoms. The zero-order valence-electron chi connectivity index (χ0n) is 23.4. The van der Waals surface area contributed by atoms with Gasteiger partial charge in [-0.2, -0.15) is 5.10 Å². The van der Waals surface area contributed by atoms with Crippen molar-refractivity contribution in [2.75, 3.05) is 68.9 Å². The maximum atomic E-state index is 14.1. The first-order valence-electron chi connectivity index (χ1n) is 14.2.